The summed E-state index contributed by atoms with van der Waals surface area (Å²) < 4.78 is 23.6. The molecular weight excluding hydrogens is 220 g/mol. The molecule has 11 heavy (non-hydrogen) atoms. The fourth-order valence-corrected chi connectivity index (χ4v) is 1.54. The molecule has 0 radical (unpaired) electrons. The standard InChI is InChI=1S/C6H8BrF2NO/c7-4-1-2-10(6(4)11)3-5(8)9/h4-5H,1-3H2. The zero-order chi connectivity index (χ0) is 8.43. The second-order valence-corrected chi connectivity index (χ2v) is 3.54. The van der Waals surface area contributed by atoms with Gasteiger partial charge in [-0.25, -0.2) is 8.78 Å². The number of rotatable bonds is 2. The number of carbonyl (C=O) groups is 1. The Morgan fingerprint density at radius 1 is 1.73 bits per heavy atom. The van der Waals surface area contributed by atoms with Crippen molar-refractivity contribution < 1.29 is 13.6 Å². The molecule has 1 heterocycles. The number of carbonyl (C=O) groups excluding carboxylic acids is 1. The van der Waals surface area contributed by atoms with Gasteiger partial charge in [0.1, 0.15) is 0 Å². The second kappa shape index (κ2) is 3.47. The Kier molecular flexibility index (Phi) is 2.81. The summed E-state index contributed by atoms with van der Waals surface area (Å²) in [5.74, 6) is -0.217. The summed E-state index contributed by atoms with van der Waals surface area (Å²) in [5, 5.41) is 0. The first-order valence-electron chi connectivity index (χ1n) is 3.32. The normalized spacial score (nSPS) is 25.3. The molecule has 1 fully saturated rings. The van der Waals surface area contributed by atoms with E-state index in [9.17, 15) is 13.6 Å². The third-order valence-electron chi connectivity index (χ3n) is 1.59. The van der Waals surface area contributed by atoms with E-state index in [-0.39, 0.29) is 10.7 Å². The Morgan fingerprint density at radius 3 is 2.73 bits per heavy atom. The predicted molar refractivity (Wildman–Crippen MR) is 39.9 cm³/mol. The maximum Gasteiger partial charge on any atom is 0.255 e. The molecule has 0 aliphatic carbocycles. The molecule has 1 rings (SSSR count). The molecule has 0 saturated carbocycles. The van der Waals surface area contributed by atoms with E-state index in [1.807, 2.05) is 0 Å². The van der Waals surface area contributed by atoms with Gasteiger partial charge >= 0.3 is 0 Å². The van der Waals surface area contributed by atoms with Crippen LogP contribution in [0.5, 0.6) is 0 Å². The van der Waals surface area contributed by atoms with Crippen LogP contribution in [0.3, 0.4) is 0 Å². The topological polar surface area (TPSA) is 20.3 Å². The molecule has 1 atom stereocenters. The van der Waals surface area contributed by atoms with Crippen molar-refractivity contribution in [3.05, 3.63) is 0 Å². The quantitative estimate of drug-likeness (QED) is 0.651. The van der Waals surface area contributed by atoms with Crippen LogP contribution in [0.1, 0.15) is 6.42 Å². The molecule has 2 nitrogen and oxygen atoms in total. The summed E-state index contributed by atoms with van der Waals surface area (Å²) in [6.07, 6.45) is -1.79. The zero-order valence-electron chi connectivity index (χ0n) is 5.77. The smallest absolute Gasteiger partial charge is 0.255 e. The highest BCUT2D eigenvalue weighted by Crippen LogP contribution is 2.18. The summed E-state index contributed by atoms with van der Waals surface area (Å²) in [6.45, 7) is 0.0139. The van der Waals surface area contributed by atoms with Gasteiger partial charge in [-0.05, 0) is 6.42 Å². The van der Waals surface area contributed by atoms with Gasteiger partial charge in [-0.15, -0.1) is 0 Å². The molecule has 1 aliphatic heterocycles. The van der Waals surface area contributed by atoms with Crippen LogP contribution in [0, 0.1) is 0 Å². The van der Waals surface area contributed by atoms with E-state index in [1.165, 1.54) is 4.90 Å². The molecule has 1 unspecified atom stereocenters. The maximum absolute atomic E-state index is 11.8. The summed E-state index contributed by atoms with van der Waals surface area (Å²) >= 11 is 3.10. The number of alkyl halides is 3. The van der Waals surface area contributed by atoms with E-state index >= 15 is 0 Å². The van der Waals surface area contributed by atoms with E-state index in [0.717, 1.165) is 0 Å². The van der Waals surface area contributed by atoms with Crippen molar-refractivity contribution in [1.29, 1.82) is 0 Å². The lowest BCUT2D eigenvalue weighted by Gasteiger charge is -2.14. The maximum atomic E-state index is 11.8. The Bertz CT molecular complexity index is 165. The fraction of sp³-hybridized carbons (Fsp3) is 0.833. The zero-order valence-corrected chi connectivity index (χ0v) is 7.35. The lowest BCUT2D eigenvalue weighted by Crippen LogP contribution is -2.31. The van der Waals surface area contributed by atoms with Crippen molar-refractivity contribution >= 4 is 21.8 Å². The molecule has 0 aromatic carbocycles. The molecule has 1 saturated heterocycles. The number of hydrogen-bond donors (Lipinski definition) is 0. The van der Waals surface area contributed by atoms with Crippen molar-refractivity contribution in [3.63, 3.8) is 0 Å². The van der Waals surface area contributed by atoms with Crippen LogP contribution in [0.25, 0.3) is 0 Å². The van der Waals surface area contributed by atoms with Crippen LogP contribution in [-0.2, 0) is 4.79 Å². The van der Waals surface area contributed by atoms with Gasteiger partial charge in [-0.2, -0.15) is 0 Å². The SMILES string of the molecule is O=C1C(Br)CCN1CC(F)F. The van der Waals surface area contributed by atoms with Crippen LogP contribution < -0.4 is 0 Å². The van der Waals surface area contributed by atoms with Crippen molar-refractivity contribution in [2.45, 2.75) is 17.7 Å². The first kappa shape index (κ1) is 8.90. The highest BCUT2D eigenvalue weighted by Gasteiger charge is 2.30. The predicted octanol–water partition coefficient (Wildman–Crippen LogP) is 1.25. The average molecular weight is 228 g/mol. The molecule has 0 N–H and O–H groups in total. The molecule has 64 valence electrons. The molecule has 0 bridgehead atoms. The van der Waals surface area contributed by atoms with Gasteiger partial charge < -0.3 is 4.90 Å². The second-order valence-electron chi connectivity index (χ2n) is 2.43. The number of hydrogen-bond acceptors (Lipinski definition) is 1. The molecule has 0 aromatic rings. The lowest BCUT2D eigenvalue weighted by molar-refractivity contribution is -0.128. The van der Waals surface area contributed by atoms with Gasteiger partial charge in [-0.3, -0.25) is 4.79 Å². The van der Waals surface area contributed by atoms with Crippen molar-refractivity contribution in [3.8, 4) is 0 Å². The molecule has 0 spiro atoms. The van der Waals surface area contributed by atoms with Crippen LogP contribution in [-0.4, -0.2) is 35.1 Å². The highest BCUT2D eigenvalue weighted by atomic mass is 79.9. The molecule has 0 aromatic heterocycles. The third-order valence-corrected chi connectivity index (χ3v) is 2.44. The largest absolute Gasteiger partial charge is 0.336 e. The molecular formula is C6H8BrF2NO. The van der Waals surface area contributed by atoms with Crippen molar-refractivity contribution in [1.82, 2.24) is 4.90 Å². The van der Waals surface area contributed by atoms with Gasteiger partial charge in [-0.1, -0.05) is 15.9 Å². The highest BCUT2D eigenvalue weighted by molar-refractivity contribution is 9.10. The number of amides is 1. The molecule has 5 heteroatoms. The Labute approximate surface area is 71.7 Å². The summed E-state index contributed by atoms with van der Waals surface area (Å²) in [4.78, 5) is 11.9. The van der Waals surface area contributed by atoms with Crippen LogP contribution in [0.4, 0.5) is 8.78 Å². The monoisotopic (exact) mass is 227 g/mol. The minimum Gasteiger partial charge on any atom is -0.336 e. The van der Waals surface area contributed by atoms with E-state index < -0.39 is 13.0 Å². The minimum absolute atomic E-state index is 0.217. The minimum atomic E-state index is -2.42. The number of likely N-dealkylation sites (tertiary alicyclic amines) is 1. The van der Waals surface area contributed by atoms with Gasteiger partial charge in [0, 0.05) is 6.54 Å². The Hall–Kier alpha value is -0.190. The van der Waals surface area contributed by atoms with Crippen LogP contribution in [0.15, 0.2) is 0 Å². The van der Waals surface area contributed by atoms with Gasteiger partial charge in [0.05, 0.1) is 11.4 Å². The van der Waals surface area contributed by atoms with Gasteiger partial charge in [0.15, 0.2) is 0 Å². The fourth-order valence-electron chi connectivity index (χ4n) is 1.05. The van der Waals surface area contributed by atoms with E-state index in [2.05, 4.69) is 15.9 Å². The third kappa shape index (κ3) is 2.12. The van der Waals surface area contributed by atoms with Gasteiger partial charge in [0.2, 0.25) is 5.91 Å². The first-order chi connectivity index (χ1) is 5.11. The van der Waals surface area contributed by atoms with Crippen LogP contribution >= 0.6 is 15.9 Å². The summed E-state index contributed by atoms with van der Waals surface area (Å²) in [6, 6.07) is 0. The average Bonchev–Trinajstić information content (AvgIpc) is 2.18. The Morgan fingerprint density at radius 2 is 2.36 bits per heavy atom. The van der Waals surface area contributed by atoms with Crippen molar-refractivity contribution in [2.24, 2.45) is 0 Å². The van der Waals surface area contributed by atoms with Crippen LogP contribution in [0.2, 0.25) is 0 Å². The molecule has 1 aliphatic rings. The summed E-state index contributed by atoms with van der Waals surface area (Å²) in [5.41, 5.74) is 0. The lowest BCUT2D eigenvalue weighted by atomic mass is 10.4. The number of halogens is 3. The van der Waals surface area contributed by atoms with E-state index in [4.69, 9.17) is 0 Å². The number of nitrogens with zero attached hydrogens (tertiary/aromatic N) is 1. The van der Waals surface area contributed by atoms with E-state index in [0.29, 0.717) is 13.0 Å². The van der Waals surface area contributed by atoms with Gasteiger partial charge in [0.25, 0.3) is 6.43 Å². The molecule has 1 amide bonds. The summed E-state index contributed by atoms with van der Waals surface area (Å²) in [7, 11) is 0. The first-order valence-corrected chi connectivity index (χ1v) is 4.24. The Balaban J connectivity index is 2.42. The van der Waals surface area contributed by atoms with E-state index in [1.54, 1.807) is 0 Å². The van der Waals surface area contributed by atoms with Crippen molar-refractivity contribution in [2.75, 3.05) is 13.1 Å².